The first-order valence-corrected chi connectivity index (χ1v) is 8.89. The number of nitriles is 1. The summed E-state index contributed by atoms with van der Waals surface area (Å²) in [6, 6.07) is 17.2. The third-order valence-electron chi connectivity index (χ3n) is 4.26. The molecule has 144 valence electrons. The molecule has 0 saturated heterocycles. The quantitative estimate of drug-likeness (QED) is 0.565. The van der Waals surface area contributed by atoms with Crippen molar-refractivity contribution >= 4 is 0 Å². The molecule has 0 amide bonds. The van der Waals surface area contributed by atoms with E-state index in [-0.39, 0.29) is 0 Å². The van der Waals surface area contributed by atoms with E-state index in [1.54, 1.807) is 14.2 Å². The first-order valence-electron chi connectivity index (χ1n) is 8.89. The summed E-state index contributed by atoms with van der Waals surface area (Å²) in [6.07, 6.45) is 0. The van der Waals surface area contributed by atoms with Crippen LogP contribution in [0.25, 0.3) is 11.4 Å². The Hall–Kier alpha value is -3.21. The number of hydrogen-bond donors (Lipinski definition) is 0. The maximum absolute atomic E-state index is 8.94. The van der Waals surface area contributed by atoms with Gasteiger partial charge in [0.05, 0.1) is 31.9 Å². The van der Waals surface area contributed by atoms with E-state index in [1.807, 2.05) is 48.5 Å². The molecule has 0 radical (unpaired) electrons. The summed E-state index contributed by atoms with van der Waals surface area (Å²) in [5.41, 5.74) is 2.58. The van der Waals surface area contributed by atoms with E-state index in [9.17, 15) is 0 Å². The Morgan fingerprint density at radius 1 is 1.11 bits per heavy atom. The second-order valence-electron chi connectivity index (χ2n) is 6.26. The van der Waals surface area contributed by atoms with Crippen LogP contribution in [0.3, 0.4) is 0 Å². The second kappa shape index (κ2) is 9.65. The van der Waals surface area contributed by atoms with Crippen LogP contribution in [0.5, 0.6) is 5.75 Å². The lowest BCUT2D eigenvalue weighted by Crippen LogP contribution is -2.26. The van der Waals surface area contributed by atoms with Crippen LogP contribution in [0, 0.1) is 11.3 Å². The normalized spacial score (nSPS) is 10.8. The van der Waals surface area contributed by atoms with Crippen LogP contribution in [-0.2, 0) is 17.8 Å². The van der Waals surface area contributed by atoms with E-state index in [4.69, 9.17) is 19.3 Å². The number of benzene rings is 2. The van der Waals surface area contributed by atoms with Crippen molar-refractivity contribution in [3.05, 3.63) is 65.5 Å². The molecule has 0 bridgehead atoms. The highest BCUT2D eigenvalue weighted by molar-refractivity contribution is 5.56. The fraction of sp³-hybridized carbons (Fsp3) is 0.286. The van der Waals surface area contributed by atoms with Crippen molar-refractivity contribution in [3.8, 4) is 23.2 Å². The van der Waals surface area contributed by atoms with Crippen molar-refractivity contribution in [2.24, 2.45) is 0 Å². The van der Waals surface area contributed by atoms with E-state index in [2.05, 4.69) is 21.1 Å². The summed E-state index contributed by atoms with van der Waals surface area (Å²) < 4.78 is 15.9. The summed E-state index contributed by atoms with van der Waals surface area (Å²) in [6.45, 7) is 2.49. The molecule has 0 aliphatic carbocycles. The van der Waals surface area contributed by atoms with Gasteiger partial charge in [0.1, 0.15) is 5.75 Å². The Labute approximate surface area is 164 Å². The zero-order valence-corrected chi connectivity index (χ0v) is 16.0. The molecule has 0 aliphatic heterocycles. The molecule has 1 heterocycles. The molecule has 0 spiro atoms. The molecule has 0 atom stereocenters. The molecule has 3 rings (SSSR count). The molecule has 0 aliphatic rings. The molecule has 0 fully saturated rings. The van der Waals surface area contributed by atoms with Gasteiger partial charge in [-0.05, 0) is 29.8 Å². The van der Waals surface area contributed by atoms with Crippen LogP contribution >= 0.6 is 0 Å². The number of methoxy groups -OCH3 is 2. The lowest BCUT2D eigenvalue weighted by Gasteiger charge is -2.20. The maximum Gasteiger partial charge on any atom is 0.241 e. The van der Waals surface area contributed by atoms with Gasteiger partial charge in [-0.2, -0.15) is 10.2 Å². The first kappa shape index (κ1) is 19.5. The van der Waals surface area contributed by atoms with Gasteiger partial charge in [0, 0.05) is 25.8 Å². The topological polar surface area (TPSA) is 84.4 Å². The zero-order chi connectivity index (χ0) is 19.8. The van der Waals surface area contributed by atoms with Gasteiger partial charge in [0.2, 0.25) is 11.7 Å². The Kier molecular flexibility index (Phi) is 6.73. The van der Waals surface area contributed by atoms with E-state index in [1.165, 1.54) is 0 Å². The number of aromatic nitrogens is 2. The zero-order valence-electron chi connectivity index (χ0n) is 16.0. The summed E-state index contributed by atoms with van der Waals surface area (Å²) >= 11 is 0. The Bertz CT molecular complexity index is 931. The van der Waals surface area contributed by atoms with Gasteiger partial charge >= 0.3 is 0 Å². The van der Waals surface area contributed by atoms with E-state index in [0.29, 0.717) is 43.5 Å². The largest absolute Gasteiger partial charge is 0.497 e. The lowest BCUT2D eigenvalue weighted by molar-refractivity contribution is 0.131. The fourth-order valence-electron chi connectivity index (χ4n) is 2.77. The average molecular weight is 378 g/mol. The minimum absolute atomic E-state index is 0.500. The summed E-state index contributed by atoms with van der Waals surface area (Å²) in [7, 11) is 3.30. The Morgan fingerprint density at radius 2 is 1.93 bits per heavy atom. The van der Waals surface area contributed by atoms with Crippen molar-refractivity contribution in [2.75, 3.05) is 27.4 Å². The van der Waals surface area contributed by atoms with E-state index < -0.39 is 0 Å². The van der Waals surface area contributed by atoms with Crippen LogP contribution in [0.4, 0.5) is 0 Å². The minimum atomic E-state index is 0.500. The van der Waals surface area contributed by atoms with Gasteiger partial charge in [0.15, 0.2) is 0 Å². The molecular weight excluding hydrogens is 356 g/mol. The van der Waals surface area contributed by atoms with Crippen LogP contribution in [0.2, 0.25) is 0 Å². The van der Waals surface area contributed by atoms with Gasteiger partial charge in [-0.25, -0.2) is 0 Å². The fourth-order valence-corrected chi connectivity index (χ4v) is 2.77. The SMILES string of the molecule is COCCN(Cc1ccc(C#N)cc1)Cc1nc(-c2cccc(OC)c2)no1. The molecule has 7 heteroatoms. The standard InChI is InChI=1S/C21H22N4O3/c1-26-11-10-25(14-17-8-6-16(13-22)7-9-17)15-20-23-21(24-28-20)18-4-3-5-19(12-18)27-2/h3-9,12H,10-11,14-15H2,1-2H3. The highest BCUT2D eigenvalue weighted by Crippen LogP contribution is 2.21. The van der Waals surface area contributed by atoms with Crippen LogP contribution in [0.15, 0.2) is 53.1 Å². The van der Waals surface area contributed by atoms with Gasteiger partial charge in [-0.3, -0.25) is 4.90 Å². The average Bonchev–Trinajstić information content (AvgIpc) is 3.21. The van der Waals surface area contributed by atoms with Crippen LogP contribution in [0.1, 0.15) is 17.0 Å². The van der Waals surface area contributed by atoms with Gasteiger partial charge in [0.25, 0.3) is 0 Å². The number of hydrogen-bond acceptors (Lipinski definition) is 7. The minimum Gasteiger partial charge on any atom is -0.497 e. The lowest BCUT2D eigenvalue weighted by atomic mass is 10.1. The molecule has 1 aromatic heterocycles. The third-order valence-corrected chi connectivity index (χ3v) is 4.26. The Balaban J connectivity index is 1.71. The third kappa shape index (κ3) is 5.16. The smallest absolute Gasteiger partial charge is 0.241 e. The van der Waals surface area contributed by atoms with Gasteiger partial charge in [-0.1, -0.05) is 29.4 Å². The highest BCUT2D eigenvalue weighted by atomic mass is 16.5. The summed E-state index contributed by atoms with van der Waals surface area (Å²) in [4.78, 5) is 6.67. The maximum atomic E-state index is 8.94. The predicted octanol–water partition coefficient (Wildman–Crippen LogP) is 3.27. The summed E-state index contributed by atoms with van der Waals surface area (Å²) in [5.74, 6) is 1.80. The Morgan fingerprint density at radius 3 is 2.64 bits per heavy atom. The van der Waals surface area contributed by atoms with Crippen LogP contribution < -0.4 is 4.74 Å². The first-order chi connectivity index (χ1) is 13.7. The molecule has 2 aromatic carbocycles. The number of rotatable bonds is 9. The second-order valence-corrected chi connectivity index (χ2v) is 6.26. The molecule has 3 aromatic rings. The van der Waals surface area contributed by atoms with Crippen molar-refractivity contribution in [2.45, 2.75) is 13.1 Å². The van der Waals surface area contributed by atoms with Crippen molar-refractivity contribution in [1.82, 2.24) is 15.0 Å². The molecular formula is C21H22N4O3. The van der Waals surface area contributed by atoms with Crippen molar-refractivity contribution in [3.63, 3.8) is 0 Å². The van der Waals surface area contributed by atoms with Crippen molar-refractivity contribution < 1.29 is 14.0 Å². The molecule has 0 saturated carbocycles. The highest BCUT2D eigenvalue weighted by Gasteiger charge is 2.14. The van der Waals surface area contributed by atoms with E-state index in [0.717, 1.165) is 16.9 Å². The predicted molar refractivity (Wildman–Crippen MR) is 103 cm³/mol. The monoisotopic (exact) mass is 378 g/mol. The summed E-state index contributed by atoms with van der Waals surface area (Å²) in [5, 5.41) is 13.0. The molecule has 7 nitrogen and oxygen atoms in total. The van der Waals surface area contributed by atoms with Crippen molar-refractivity contribution in [1.29, 1.82) is 5.26 Å². The van der Waals surface area contributed by atoms with Gasteiger partial charge < -0.3 is 14.0 Å². The number of ether oxygens (including phenoxy) is 2. The number of nitrogens with zero attached hydrogens (tertiary/aromatic N) is 4. The molecule has 0 unspecified atom stereocenters. The molecule has 0 N–H and O–H groups in total. The molecule has 28 heavy (non-hydrogen) atoms. The van der Waals surface area contributed by atoms with Gasteiger partial charge in [-0.15, -0.1) is 0 Å². The van der Waals surface area contributed by atoms with Crippen LogP contribution in [-0.4, -0.2) is 42.4 Å². The van der Waals surface area contributed by atoms with E-state index >= 15 is 0 Å².